The van der Waals surface area contributed by atoms with Gasteiger partial charge in [0.1, 0.15) is 0 Å². The molecule has 0 saturated carbocycles. The normalized spacial score (nSPS) is 13.4. The summed E-state index contributed by atoms with van der Waals surface area (Å²) in [6, 6.07) is 0. The first-order valence-corrected chi connectivity index (χ1v) is 5.30. The molecular weight excluding hydrogens is 194 g/mol. The summed E-state index contributed by atoms with van der Waals surface area (Å²) in [5.74, 6) is 0. The Hall–Kier alpha value is -0.280. The average Bonchev–Trinajstić information content (AvgIpc) is 2.21. The van der Waals surface area contributed by atoms with Crippen molar-refractivity contribution in [2.24, 2.45) is 22.9 Å². The molecule has 0 saturated heterocycles. The van der Waals surface area contributed by atoms with Crippen LogP contribution in [0.5, 0.6) is 0 Å². The van der Waals surface area contributed by atoms with E-state index in [9.17, 15) is 0 Å². The molecule has 1 unspecified atom stereocenters. The Morgan fingerprint density at radius 2 is 1.33 bits per heavy atom. The second-order valence-corrected chi connectivity index (χ2v) is 3.35. The van der Waals surface area contributed by atoms with Crippen LogP contribution in [-0.2, 0) is 0 Å². The zero-order valence-electron chi connectivity index (χ0n) is 9.21. The van der Waals surface area contributed by atoms with Gasteiger partial charge in [-0.15, -0.1) is 0 Å². The molecule has 92 valence electrons. The SMILES string of the molecule is NCCNCCNCCNC(N)C(N)N. The minimum atomic E-state index is -0.517. The zero-order chi connectivity index (χ0) is 11.5. The Balaban J connectivity index is 3.05. The molecule has 15 heavy (non-hydrogen) atoms. The predicted molar refractivity (Wildman–Crippen MR) is 62.9 cm³/mol. The van der Waals surface area contributed by atoms with Crippen LogP contribution in [-0.4, -0.2) is 51.6 Å². The van der Waals surface area contributed by atoms with Crippen molar-refractivity contribution in [2.45, 2.75) is 12.3 Å². The van der Waals surface area contributed by atoms with Gasteiger partial charge >= 0.3 is 0 Å². The molecule has 7 nitrogen and oxygen atoms in total. The van der Waals surface area contributed by atoms with Gasteiger partial charge in [0, 0.05) is 39.3 Å². The third-order valence-electron chi connectivity index (χ3n) is 1.90. The van der Waals surface area contributed by atoms with E-state index in [0.29, 0.717) is 6.54 Å². The van der Waals surface area contributed by atoms with E-state index in [0.717, 1.165) is 32.7 Å². The monoisotopic (exact) mass is 219 g/mol. The summed E-state index contributed by atoms with van der Waals surface area (Å²) in [4.78, 5) is 0. The third kappa shape index (κ3) is 10.0. The van der Waals surface area contributed by atoms with E-state index in [4.69, 9.17) is 22.9 Å². The molecule has 7 heteroatoms. The summed E-state index contributed by atoms with van der Waals surface area (Å²) in [7, 11) is 0. The summed E-state index contributed by atoms with van der Waals surface area (Å²) >= 11 is 0. The Morgan fingerprint density at radius 1 is 0.800 bits per heavy atom. The van der Waals surface area contributed by atoms with Gasteiger partial charge < -0.3 is 33.6 Å². The molecule has 0 bridgehead atoms. The topological polar surface area (TPSA) is 140 Å². The second kappa shape index (κ2) is 10.2. The van der Waals surface area contributed by atoms with Crippen LogP contribution in [0.15, 0.2) is 0 Å². The highest BCUT2D eigenvalue weighted by molar-refractivity contribution is 4.67. The standard InChI is InChI=1S/C8H25N7/c9-1-2-13-3-4-14-5-6-15-8(12)7(10)11/h7-8,13-15H,1-6,9-12H2. The number of hydrogen-bond donors (Lipinski definition) is 7. The van der Waals surface area contributed by atoms with Crippen molar-refractivity contribution >= 4 is 0 Å². The predicted octanol–water partition coefficient (Wildman–Crippen LogP) is -3.76. The highest BCUT2D eigenvalue weighted by Crippen LogP contribution is 1.70. The molecule has 0 fully saturated rings. The highest BCUT2D eigenvalue weighted by Gasteiger charge is 2.05. The van der Waals surface area contributed by atoms with Crippen LogP contribution in [0, 0.1) is 0 Å². The van der Waals surface area contributed by atoms with Crippen LogP contribution in [0.1, 0.15) is 0 Å². The Labute approximate surface area is 91.3 Å². The Morgan fingerprint density at radius 3 is 1.87 bits per heavy atom. The third-order valence-corrected chi connectivity index (χ3v) is 1.90. The van der Waals surface area contributed by atoms with Crippen LogP contribution < -0.4 is 38.9 Å². The fourth-order valence-corrected chi connectivity index (χ4v) is 0.992. The Kier molecular flexibility index (Phi) is 10.1. The van der Waals surface area contributed by atoms with E-state index in [1.54, 1.807) is 0 Å². The van der Waals surface area contributed by atoms with Gasteiger partial charge in [-0.1, -0.05) is 0 Å². The van der Waals surface area contributed by atoms with Gasteiger partial charge in [-0.05, 0) is 0 Å². The molecule has 0 aromatic rings. The fourth-order valence-electron chi connectivity index (χ4n) is 0.992. The Bertz CT molecular complexity index is 130. The first kappa shape index (κ1) is 14.7. The minimum Gasteiger partial charge on any atom is -0.329 e. The molecule has 0 aromatic carbocycles. The van der Waals surface area contributed by atoms with Crippen molar-refractivity contribution in [1.29, 1.82) is 0 Å². The lowest BCUT2D eigenvalue weighted by Crippen LogP contribution is -2.57. The number of hydrogen-bond acceptors (Lipinski definition) is 7. The van der Waals surface area contributed by atoms with E-state index in [-0.39, 0.29) is 6.17 Å². The lowest BCUT2D eigenvalue weighted by molar-refractivity contribution is 0.442. The van der Waals surface area contributed by atoms with E-state index >= 15 is 0 Å². The van der Waals surface area contributed by atoms with Gasteiger partial charge in [0.25, 0.3) is 0 Å². The summed E-state index contributed by atoms with van der Waals surface area (Å²) in [6.45, 7) is 4.94. The largest absolute Gasteiger partial charge is 0.329 e. The molecular formula is C8H25N7. The van der Waals surface area contributed by atoms with Crippen LogP contribution in [0.3, 0.4) is 0 Å². The first-order chi connectivity index (χ1) is 7.18. The molecule has 0 spiro atoms. The molecule has 0 aromatic heterocycles. The van der Waals surface area contributed by atoms with Gasteiger partial charge in [-0.25, -0.2) is 0 Å². The molecule has 0 aliphatic carbocycles. The molecule has 0 radical (unpaired) electrons. The maximum absolute atomic E-state index is 5.58. The molecule has 0 rings (SSSR count). The number of nitrogens with two attached hydrogens (primary N) is 4. The maximum Gasteiger partial charge on any atom is 0.0837 e. The molecule has 1 atom stereocenters. The van der Waals surface area contributed by atoms with Crippen molar-refractivity contribution in [1.82, 2.24) is 16.0 Å². The molecule has 0 heterocycles. The van der Waals surface area contributed by atoms with Crippen molar-refractivity contribution in [3.8, 4) is 0 Å². The van der Waals surface area contributed by atoms with E-state index in [1.807, 2.05) is 0 Å². The molecule has 0 aliphatic rings. The number of nitrogens with one attached hydrogen (secondary N) is 3. The van der Waals surface area contributed by atoms with Gasteiger partial charge in [0.2, 0.25) is 0 Å². The smallest absolute Gasteiger partial charge is 0.0837 e. The summed E-state index contributed by atoms with van der Waals surface area (Å²) in [5.41, 5.74) is 21.7. The quantitative estimate of drug-likeness (QED) is 0.148. The van der Waals surface area contributed by atoms with Crippen molar-refractivity contribution in [3.05, 3.63) is 0 Å². The van der Waals surface area contributed by atoms with E-state index in [1.165, 1.54) is 0 Å². The van der Waals surface area contributed by atoms with Crippen LogP contribution in [0.25, 0.3) is 0 Å². The minimum absolute atomic E-state index is 0.345. The lowest BCUT2D eigenvalue weighted by Gasteiger charge is -2.17. The molecule has 0 amide bonds. The highest BCUT2D eigenvalue weighted by atomic mass is 15.1. The maximum atomic E-state index is 5.58. The summed E-state index contributed by atoms with van der Waals surface area (Å²) in [6.07, 6.45) is -0.863. The molecule has 11 N–H and O–H groups in total. The number of rotatable bonds is 10. The van der Waals surface area contributed by atoms with Gasteiger partial charge in [-0.3, -0.25) is 5.32 Å². The first-order valence-electron chi connectivity index (χ1n) is 5.30. The summed E-state index contributed by atoms with van der Waals surface area (Å²) in [5, 5.41) is 9.42. The van der Waals surface area contributed by atoms with Crippen LogP contribution >= 0.6 is 0 Å². The van der Waals surface area contributed by atoms with E-state index in [2.05, 4.69) is 16.0 Å². The van der Waals surface area contributed by atoms with Gasteiger partial charge in [-0.2, -0.15) is 0 Å². The van der Waals surface area contributed by atoms with Gasteiger partial charge in [0.05, 0.1) is 12.3 Å². The van der Waals surface area contributed by atoms with Crippen molar-refractivity contribution in [2.75, 3.05) is 39.3 Å². The van der Waals surface area contributed by atoms with Gasteiger partial charge in [0.15, 0.2) is 0 Å². The van der Waals surface area contributed by atoms with Crippen LogP contribution in [0.4, 0.5) is 0 Å². The second-order valence-electron chi connectivity index (χ2n) is 3.35. The molecule has 0 aliphatic heterocycles. The van der Waals surface area contributed by atoms with Crippen LogP contribution in [0.2, 0.25) is 0 Å². The van der Waals surface area contributed by atoms with E-state index < -0.39 is 6.17 Å². The van der Waals surface area contributed by atoms with Crippen molar-refractivity contribution in [3.63, 3.8) is 0 Å². The van der Waals surface area contributed by atoms with Crippen molar-refractivity contribution < 1.29 is 0 Å². The zero-order valence-corrected chi connectivity index (χ0v) is 9.21. The lowest BCUT2D eigenvalue weighted by atomic mass is 10.4. The average molecular weight is 219 g/mol. The fraction of sp³-hybridized carbons (Fsp3) is 1.00. The summed E-state index contributed by atoms with van der Waals surface area (Å²) < 4.78 is 0.